The monoisotopic (exact) mass is 437 g/mol. The van der Waals surface area contributed by atoms with E-state index in [2.05, 4.69) is 9.97 Å². The molecule has 8 heteroatoms. The van der Waals surface area contributed by atoms with E-state index in [1.807, 2.05) is 43.3 Å². The molecule has 0 saturated heterocycles. The fraction of sp³-hybridized carbons (Fsp3) is 0.174. The molecule has 0 spiro atoms. The Morgan fingerprint density at radius 3 is 2.61 bits per heavy atom. The van der Waals surface area contributed by atoms with Crippen LogP contribution in [0.1, 0.15) is 12.6 Å². The van der Waals surface area contributed by atoms with E-state index in [-0.39, 0.29) is 24.9 Å². The number of carbonyl (C=O) groups excluding carboxylic acids is 1. The molecule has 2 aromatic carbocycles. The molecule has 4 aromatic rings. The number of pyridine rings is 1. The van der Waals surface area contributed by atoms with Crippen molar-refractivity contribution in [1.29, 1.82) is 0 Å². The molecule has 0 unspecified atom stereocenters. The number of benzene rings is 2. The summed E-state index contributed by atoms with van der Waals surface area (Å²) in [5, 5.41) is 0.544. The molecule has 0 bridgehead atoms. The minimum atomic E-state index is -0.364. The van der Waals surface area contributed by atoms with Crippen molar-refractivity contribution in [2.24, 2.45) is 0 Å². The summed E-state index contributed by atoms with van der Waals surface area (Å²) in [5.41, 5.74) is 1.51. The molecule has 1 amide bonds. The number of nitrogens with zero attached hydrogens (tertiary/aromatic N) is 3. The van der Waals surface area contributed by atoms with Gasteiger partial charge in [-0.25, -0.2) is 9.37 Å². The van der Waals surface area contributed by atoms with E-state index in [0.717, 1.165) is 21.7 Å². The predicted octanol–water partition coefficient (Wildman–Crippen LogP) is 4.84. The summed E-state index contributed by atoms with van der Waals surface area (Å²) in [4.78, 5) is 23.6. The van der Waals surface area contributed by atoms with E-state index < -0.39 is 0 Å². The number of ether oxygens (including phenoxy) is 2. The summed E-state index contributed by atoms with van der Waals surface area (Å²) in [6.07, 6.45) is 1.68. The van der Waals surface area contributed by atoms with Crippen molar-refractivity contribution in [1.82, 2.24) is 9.97 Å². The number of hydrogen-bond donors (Lipinski definition) is 0. The van der Waals surface area contributed by atoms with E-state index >= 15 is 0 Å². The maximum Gasteiger partial charge on any atom is 0.267 e. The zero-order valence-corrected chi connectivity index (χ0v) is 17.6. The zero-order valence-electron chi connectivity index (χ0n) is 16.8. The molecule has 0 N–H and O–H groups in total. The number of rotatable bonds is 8. The number of fused-ring (bicyclic) bond motifs is 1. The normalized spacial score (nSPS) is 10.8. The number of halogens is 1. The lowest BCUT2D eigenvalue weighted by Crippen LogP contribution is -2.34. The Labute approximate surface area is 182 Å². The molecule has 0 atom stereocenters. The number of anilines is 1. The highest BCUT2D eigenvalue weighted by atomic mass is 32.1. The molecular formula is C23H20FN3O3S. The van der Waals surface area contributed by atoms with Gasteiger partial charge in [0, 0.05) is 6.20 Å². The van der Waals surface area contributed by atoms with Crippen LogP contribution in [0.2, 0.25) is 0 Å². The van der Waals surface area contributed by atoms with Crippen molar-refractivity contribution in [2.45, 2.75) is 13.5 Å². The molecular weight excluding hydrogens is 417 g/mol. The van der Waals surface area contributed by atoms with Gasteiger partial charge in [0.25, 0.3) is 5.91 Å². The molecule has 0 aliphatic heterocycles. The number of hydrogen-bond acceptors (Lipinski definition) is 6. The third-order valence-electron chi connectivity index (χ3n) is 4.41. The average Bonchev–Trinajstić information content (AvgIpc) is 3.21. The van der Waals surface area contributed by atoms with Gasteiger partial charge >= 0.3 is 0 Å². The third-order valence-corrected chi connectivity index (χ3v) is 5.45. The summed E-state index contributed by atoms with van der Waals surface area (Å²) in [6, 6.07) is 16.7. The highest BCUT2D eigenvalue weighted by Crippen LogP contribution is 2.32. The quantitative estimate of drug-likeness (QED) is 0.395. The highest BCUT2D eigenvalue weighted by Gasteiger charge is 2.21. The Morgan fingerprint density at radius 2 is 1.87 bits per heavy atom. The lowest BCUT2D eigenvalue weighted by atomic mass is 10.3. The first-order valence-electron chi connectivity index (χ1n) is 9.74. The minimum absolute atomic E-state index is 0.210. The Morgan fingerprint density at radius 1 is 1.06 bits per heavy atom. The van der Waals surface area contributed by atoms with Crippen molar-refractivity contribution in [2.75, 3.05) is 18.1 Å². The zero-order chi connectivity index (χ0) is 21.6. The summed E-state index contributed by atoms with van der Waals surface area (Å²) >= 11 is 1.40. The standard InChI is InChI=1S/C23H20FN3O3S/c1-2-29-19-10-11-20-21(13-19)31-23(26-20)27(14-17-5-3-4-12-25-17)22(28)15-30-18-8-6-16(24)7-9-18/h3-13H,2,14-15H2,1H3. The molecule has 0 fully saturated rings. The van der Waals surface area contributed by atoms with Gasteiger partial charge in [0.1, 0.15) is 17.3 Å². The van der Waals surface area contributed by atoms with Gasteiger partial charge < -0.3 is 9.47 Å². The van der Waals surface area contributed by atoms with Gasteiger partial charge in [-0.2, -0.15) is 0 Å². The van der Waals surface area contributed by atoms with Crippen molar-refractivity contribution in [3.63, 3.8) is 0 Å². The third kappa shape index (κ3) is 5.16. The maximum atomic E-state index is 13.1. The van der Waals surface area contributed by atoms with E-state index in [1.54, 1.807) is 11.1 Å². The smallest absolute Gasteiger partial charge is 0.267 e. The fourth-order valence-corrected chi connectivity index (χ4v) is 3.95. The Balaban J connectivity index is 1.59. The van der Waals surface area contributed by atoms with Gasteiger partial charge in [-0.05, 0) is 61.5 Å². The molecule has 158 valence electrons. The highest BCUT2D eigenvalue weighted by molar-refractivity contribution is 7.22. The first-order valence-corrected chi connectivity index (χ1v) is 10.6. The molecule has 2 heterocycles. The lowest BCUT2D eigenvalue weighted by Gasteiger charge is -2.19. The topological polar surface area (TPSA) is 64.5 Å². The van der Waals surface area contributed by atoms with Crippen LogP contribution in [0.15, 0.2) is 66.9 Å². The second kappa shape index (κ2) is 9.53. The van der Waals surface area contributed by atoms with Crippen LogP contribution in [0.5, 0.6) is 11.5 Å². The molecule has 31 heavy (non-hydrogen) atoms. The summed E-state index contributed by atoms with van der Waals surface area (Å²) < 4.78 is 25.1. The van der Waals surface area contributed by atoms with E-state index in [4.69, 9.17) is 9.47 Å². The predicted molar refractivity (Wildman–Crippen MR) is 118 cm³/mol. The second-order valence-electron chi connectivity index (χ2n) is 6.60. The molecule has 0 saturated carbocycles. The summed E-state index contributed by atoms with van der Waals surface area (Å²) in [7, 11) is 0. The Hall–Kier alpha value is -3.52. The van der Waals surface area contributed by atoms with Crippen LogP contribution in [0.4, 0.5) is 9.52 Å². The fourth-order valence-electron chi connectivity index (χ4n) is 2.93. The second-order valence-corrected chi connectivity index (χ2v) is 7.61. The summed E-state index contributed by atoms with van der Waals surface area (Å²) in [6.45, 7) is 2.54. The van der Waals surface area contributed by atoms with Crippen LogP contribution in [0, 0.1) is 5.82 Å². The van der Waals surface area contributed by atoms with E-state index in [0.29, 0.717) is 17.5 Å². The molecule has 0 radical (unpaired) electrons. The Kier molecular flexibility index (Phi) is 6.37. The van der Waals surface area contributed by atoms with Gasteiger partial charge in [0.15, 0.2) is 11.7 Å². The van der Waals surface area contributed by atoms with Crippen LogP contribution in [-0.2, 0) is 11.3 Å². The molecule has 6 nitrogen and oxygen atoms in total. The number of carbonyl (C=O) groups is 1. The van der Waals surface area contributed by atoms with Crippen molar-refractivity contribution >= 4 is 32.6 Å². The average molecular weight is 437 g/mol. The largest absolute Gasteiger partial charge is 0.494 e. The number of aromatic nitrogens is 2. The van der Waals surface area contributed by atoms with Gasteiger partial charge in [0.05, 0.1) is 29.1 Å². The van der Waals surface area contributed by atoms with Crippen LogP contribution in [0.3, 0.4) is 0 Å². The van der Waals surface area contributed by atoms with Gasteiger partial charge in [-0.15, -0.1) is 0 Å². The van der Waals surface area contributed by atoms with E-state index in [9.17, 15) is 9.18 Å². The number of thiazole rings is 1. The van der Waals surface area contributed by atoms with Crippen molar-refractivity contribution in [3.05, 3.63) is 78.4 Å². The van der Waals surface area contributed by atoms with Crippen molar-refractivity contribution < 1.29 is 18.7 Å². The SMILES string of the molecule is CCOc1ccc2nc(N(Cc3ccccn3)C(=O)COc3ccc(F)cc3)sc2c1. The van der Waals surface area contributed by atoms with Gasteiger partial charge in [-0.1, -0.05) is 17.4 Å². The molecule has 2 aromatic heterocycles. The first-order chi connectivity index (χ1) is 15.1. The van der Waals surface area contributed by atoms with Crippen LogP contribution in [0.25, 0.3) is 10.2 Å². The van der Waals surface area contributed by atoms with Gasteiger partial charge in [-0.3, -0.25) is 14.7 Å². The Bertz CT molecular complexity index is 1170. The molecule has 4 rings (SSSR count). The van der Waals surface area contributed by atoms with Crippen LogP contribution < -0.4 is 14.4 Å². The lowest BCUT2D eigenvalue weighted by molar-refractivity contribution is -0.120. The minimum Gasteiger partial charge on any atom is -0.494 e. The van der Waals surface area contributed by atoms with Gasteiger partial charge in [0.2, 0.25) is 0 Å². The molecule has 0 aliphatic carbocycles. The summed E-state index contributed by atoms with van der Waals surface area (Å²) in [5.74, 6) is 0.529. The number of amides is 1. The maximum absolute atomic E-state index is 13.1. The van der Waals surface area contributed by atoms with Crippen LogP contribution >= 0.6 is 11.3 Å². The first kappa shape index (κ1) is 20.7. The van der Waals surface area contributed by atoms with Crippen molar-refractivity contribution in [3.8, 4) is 11.5 Å². The van der Waals surface area contributed by atoms with E-state index in [1.165, 1.54) is 35.6 Å². The molecule has 0 aliphatic rings. The van der Waals surface area contributed by atoms with Crippen LogP contribution in [-0.4, -0.2) is 29.1 Å².